The molecule has 2 aliphatic rings. The van der Waals surface area contributed by atoms with Crippen LogP contribution in [-0.4, -0.2) is 19.6 Å². The number of hydrogen-bond donors (Lipinski definition) is 2. The highest BCUT2D eigenvalue weighted by atomic mass is 14.9. The Balaban J connectivity index is 1.86. The van der Waals surface area contributed by atoms with Crippen molar-refractivity contribution in [1.29, 1.82) is 0 Å². The molecular weight excluding hydrogens is 232 g/mol. The Kier molecular flexibility index (Phi) is 3.90. The zero-order valence-corrected chi connectivity index (χ0v) is 11.8. The molecule has 0 atom stereocenters. The molecule has 3 rings (SSSR count). The molecule has 3 N–H and O–H groups in total. The molecular formula is C17H26N2. The van der Waals surface area contributed by atoms with E-state index < -0.39 is 0 Å². The monoisotopic (exact) mass is 258 g/mol. The topological polar surface area (TPSA) is 38.0 Å². The lowest BCUT2D eigenvalue weighted by Gasteiger charge is -2.30. The highest BCUT2D eigenvalue weighted by molar-refractivity contribution is 5.33. The van der Waals surface area contributed by atoms with Crippen molar-refractivity contribution in [2.24, 2.45) is 5.73 Å². The minimum absolute atomic E-state index is 0.281. The minimum atomic E-state index is 0.281. The van der Waals surface area contributed by atoms with Gasteiger partial charge in [-0.3, -0.25) is 0 Å². The van der Waals surface area contributed by atoms with Gasteiger partial charge < -0.3 is 11.1 Å². The average Bonchev–Trinajstić information content (AvgIpc) is 2.98. The van der Waals surface area contributed by atoms with Gasteiger partial charge in [-0.15, -0.1) is 0 Å². The predicted octanol–water partition coefficient (Wildman–Crippen LogP) is 2.92. The molecule has 0 amide bonds. The van der Waals surface area contributed by atoms with E-state index in [-0.39, 0.29) is 5.41 Å². The van der Waals surface area contributed by atoms with Crippen LogP contribution in [0.3, 0.4) is 0 Å². The van der Waals surface area contributed by atoms with E-state index in [0.29, 0.717) is 0 Å². The Bertz CT molecular complexity index is 415. The van der Waals surface area contributed by atoms with Gasteiger partial charge in [-0.2, -0.15) is 0 Å². The number of piperidine rings is 1. The molecule has 0 unspecified atom stereocenters. The second kappa shape index (κ2) is 5.64. The van der Waals surface area contributed by atoms with Gasteiger partial charge >= 0.3 is 0 Å². The molecule has 2 fully saturated rings. The van der Waals surface area contributed by atoms with Gasteiger partial charge in [0.2, 0.25) is 0 Å². The average molecular weight is 258 g/mol. The lowest BCUT2D eigenvalue weighted by molar-refractivity contribution is 0.444. The first-order valence-corrected chi connectivity index (χ1v) is 7.85. The Morgan fingerprint density at radius 3 is 2.58 bits per heavy atom. The fourth-order valence-electron chi connectivity index (χ4n) is 3.94. The second-order valence-corrected chi connectivity index (χ2v) is 6.34. The molecule has 2 heteroatoms. The molecule has 2 nitrogen and oxygen atoms in total. The Morgan fingerprint density at radius 2 is 1.89 bits per heavy atom. The fourth-order valence-corrected chi connectivity index (χ4v) is 3.94. The van der Waals surface area contributed by atoms with Gasteiger partial charge in [-0.1, -0.05) is 37.1 Å². The fraction of sp³-hybridized carbons (Fsp3) is 0.647. The number of nitrogens with two attached hydrogens (primary N) is 1. The predicted molar refractivity (Wildman–Crippen MR) is 80.5 cm³/mol. The van der Waals surface area contributed by atoms with Gasteiger partial charge in [0.05, 0.1) is 0 Å². The molecule has 0 aromatic heterocycles. The van der Waals surface area contributed by atoms with Crippen LogP contribution >= 0.6 is 0 Å². The van der Waals surface area contributed by atoms with E-state index in [4.69, 9.17) is 5.73 Å². The molecule has 1 aliphatic carbocycles. The van der Waals surface area contributed by atoms with Crippen LogP contribution in [0.2, 0.25) is 0 Å². The SMILES string of the molecule is NCC1(c2cccc(C3CCNCC3)c2)CCCC1. The minimum Gasteiger partial charge on any atom is -0.330 e. The Hall–Kier alpha value is -0.860. The Morgan fingerprint density at radius 1 is 1.16 bits per heavy atom. The van der Waals surface area contributed by atoms with Crippen LogP contribution in [0.15, 0.2) is 24.3 Å². The first kappa shape index (κ1) is 13.1. The van der Waals surface area contributed by atoms with Crippen LogP contribution in [0.1, 0.15) is 55.6 Å². The van der Waals surface area contributed by atoms with Crippen molar-refractivity contribution in [3.05, 3.63) is 35.4 Å². The zero-order valence-electron chi connectivity index (χ0n) is 11.8. The third kappa shape index (κ3) is 2.56. The standard InChI is InChI=1S/C17H26N2/c18-13-17(8-1-2-9-17)16-5-3-4-15(12-16)14-6-10-19-11-7-14/h3-5,12,14,19H,1-2,6-11,13,18H2. The third-order valence-electron chi connectivity index (χ3n) is 5.26. The quantitative estimate of drug-likeness (QED) is 0.875. The highest BCUT2D eigenvalue weighted by Crippen LogP contribution is 2.41. The van der Waals surface area contributed by atoms with Gasteiger partial charge in [0.1, 0.15) is 0 Å². The van der Waals surface area contributed by atoms with E-state index >= 15 is 0 Å². The zero-order chi connectivity index (χ0) is 13.1. The van der Waals surface area contributed by atoms with Crippen LogP contribution < -0.4 is 11.1 Å². The normalized spacial score (nSPS) is 23.6. The van der Waals surface area contributed by atoms with Crippen LogP contribution in [0.4, 0.5) is 0 Å². The van der Waals surface area contributed by atoms with Crippen molar-refractivity contribution in [3.63, 3.8) is 0 Å². The summed E-state index contributed by atoms with van der Waals surface area (Å²) < 4.78 is 0. The summed E-state index contributed by atoms with van der Waals surface area (Å²) in [5.74, 6) is 0.748. The van der Waals surface area contributed by atoms with Crippen LogP contribution in [0.25, 0.3) is 0 Å². The van der Waals surface area contributed by atoms with Crippen LogP contribution in [-0.2, 0) is 5.41 Å². The molecule has 19 heavy (non-hydrogen) atoms. The number of rotatable bonds is 3. The largest absolute Gasteiger partial charge is 0.330 e. The number of hydrogen-bond acceptors (Lipinski definition) is 2. The summed E-state index contributed by atoms with van der Waals surface area (Å²) in [5.41, 5.74) is 9.44. The molecule has 1 aliphatic heterocycles. The van der Waals surface area contributed by atoms with Crippen LogP contribution in [0.5, 0.6) is 0 Å². The summed E-state index contributed by atoms with van der Waals surface area (Å²) in [4.78, 5) is 0. The van der Waals surface area contributed by atoms with E-state index in [0.717, 1.165) is 25.6 Å². The summed E-state index contributed by atoms with van der Waals surface area (Å²) in [6, 6.07) is 9.35. The van der Waals surface area contributed by atoms with Gasteiger partial charge in [-0.25, -0.2) is 0 Å². The maximum absolute atomic E-state index is 6.12. The maximum atomic E-state index is 6.12. The smallest absolute Gasteiger partial charge is 0.00756 e. The number of nitrogens with one attached hydrogen (secondary N) is 1. The van der Waals surface area contributed by atoms with Crippen molar-refractivity contribution in [2.45, 2.75) is 49.9 Å². The molecule has 1 saturated heterocycles. The van der Waals surface area contributed by atoms with E-state index in [1.165, 1.54) is 44.1 Å². The molecule has 1 aromatic carbocycles. The lowest BCUT2D eigenvalue weighted by Crippen LogP contribution is -2.32. The highest BCUT2D eigenvalue weighted by Gasteiger charge is 2.34. The summed E-state index contributed by atoms with van der Waals surface area (Å²) in [5, 5.41) is 3.45. The summed E-state index contributed by atoms with van der Waals surface area (Å²) in [6.07, 6.45) is 7.79. The van der Waals surface area contributed by atoms with Crippen molar-refractivity contribution in [2.75, 3.05) is 19.6 Å². The summed E-state index contributed by atoms with van der Waals surface area (Å²) >= 11 is 0. The van der Waals surface area contributed by atoms with Crippen molar-refractivity contribution in [3.8, 4) is 0 Å². The van der Waals surface area contributed by atoms with Gasteiger partial charge in [0.25, 0.3) is 0 Å². The van der Waals surface area contributed by atoms with E-state index in [9.17, 15) is 0 Å². The van der Waals surface area contributed by atoms with Gasteiger partial charge in [0, 0.05) is 12.0 Å². The second-order valence-electron chi connectivity index (χ2n) is 6.34. The van der Waals surface area contributed by atoms with E-state index in [2.05, 4.69) is 29.6 Å². The van der Waals surface area contributed by atoms with Crippen molar-refractivity contribution in [1.82, 2.24) is 5.32 Å². The third-order valence-corrected chi connectivity index (χ3v) is 5.26. The maximum Gasteiger partial charge on any atom is 0.00756 e. The Labute approximate surface area is 116 Å². The van der Waals surface area contributed by atoms with Crippen molar-refractivity contribution >= 4 is 0 Å². The summed E-state index contributed by atoms with van der Waals surface area (Å²) in [6.45, 7) is 3.14. The number of benzene rings is 1. The molecule has 0 bridgehead atoms. The first-order chi connectivity index (χ1) is 9.34. The van der Waals surface area contributed by atoms with Crippen LogP contribution in [0, 0.1) is 0 Å². The molecule has 1 heterocycles. The molecule has 104 valence electrons. The first-order valence-electron chi connectivity index (χ1n) is 7.85. The lowest BCUT2D eigenvalue weighted by atomic mass is 9.77. The van der Waals surface area contributed by atoms with Crippen molar-refractivity contribution < 1.29 is 0 Å². The molecule has 0 radical (unpaired) electrons. The van der Waals surface area contributed by atoms with Gasteiger partial charge in [-0.05, 0) is 55.8 Å². The summed E-state index contributed by atoms with van der Waals surface area (Å²) in [7, 11) is 0. The molecule has 0 spiro atoms. The molecule has 1 saturated carbocycles. The van der Waals surface area contributed by atoms with E-state index in [1.807, 2.05) is 0 Å². The van der Waals surface area contributed by atoms with Gasteiger partial charge in [0.15, 0.2) is 0 Å². The van der Waals surface area contributed by atoms with E-state index in [1.54, 1.807) is 5.56 Å². The molecule has 1 aromatic rings.